The van der Waals surface area contributed by atoms with E-state index in [0.717, 1.165) is 4.31 Å². The molecule has 0 unspecified atom stereocenters. The van der Waals surface area contributed by atoms with Crippen LogP contribution in [0.4, 0.5) is 5.69 Å². The van der Waals surface area contributed by atoms with E-state index < -0.39 is 15.9 Å². The molecular weight excluding hydrogens is 384 g/mol. The topological polar surface area (TPSA) is 94.2 Å². The van der Waals surface area contributed by atoms with E-state index in [9.17, 15) is 13.2 Å². The molecule has 0 atom stereocenters. The summed E-state index contributed by atoms with van der Waals surface area (Å²) in [6.45, 7) is 1.39. The molecule has 2 rings (SSSR count). The number of carbonyl (C=O) groups excluding carboxylic acids is 1. The monoisotopic (exact) mass is 408 g/mol. The van der Waals surface area contributed by atoms with Gasteiger partial charge in [-0.05, 0) is 42.8 Å². The molecule has 2 aromatic carbocycles. The van der Waals surface area contributed by atoms with Gasteiger partial charge in [0.25, 0.3) is 0 Å². The van der Waals surface area contributed by atoms with Crippen LogP contribution < -0.4 is 19.5 Å². The molecule has 9 heteroatoms. The van der Waals surface area contributed by atoms with Crippen LogP contribution in [0.5, 0.6) is 17.2 Å². The molecule has 0 radical (unpaired) electrons. The van der Waals surface area contributed by atoms with Gasteiger partial charge in [-0.1, -0.05) is 0 Å². The number of hydrogen-bond acceptors (Lipinski definition) is 6. The fraction of sp³-hybridized carbons (Fsp3) is 0.316. The fourth-order valence-electron chi connectivity index (χ4n) is 2.57. The predicted molar refractivity (Wildman–Crippen MR) is 106 cm³/mol. The molecular formula is C19H24N2O6S. The van der Waals surface area contributed by atoms with E-state index in [-0.39, 0.29) is 11.4 Å². The first kappa shape index (κ1) is 21.5. The molecule has 1 amide bonds. The van der Waals surface area contributed by atoms with E-state index in [1.54, 1.807) is 31.2 Å². The Morgan fingerprint density at radius 3 is 2.25 bits per heavy atom. The highest BCUT2D eigenvalue weighted by atomic mass is 32.2. The smallest absolute Gasteiger partial charge is 0.243 e. The van der Waals surface area contributed by atoms with Crippen LogP contribution in [-0.2, 0) is 14.8 Å². The normalized spacial score (nSPS) is 11.2. The van der Waals surface area contributed by atoms with Gasteiger partial charge in [0.1, 0.15) is 17.2 Å². The first-order chi connectivity index (χ1) is 13.2. The summed E-state index contributed by atoms with van der Waals surface area (Å²) in [5.74, 6) is 1.07. The maximum absolute atomic E-state index is 12.7. The van der Waals surface area contributed by atoms with Crippen molar-refractivity contribution in [3.8, 4) is 17.2 Å². The lowest BCUT2D eigenvalue weighted by Crippen LogP contribution is -2.35. The molecule has 0 aliphatic heterocycles. The van der Waals surface area contributed by atoms with Gasteiger partial charge in [-0.3, -0.25) is 4.79 Å². The van der Waals surface area contributed by atoms with Crippen LogP contribution in [0.1, 0.15) is 5.56 Å². The summed E-state index contributed by atoms with van der Waals surface area (Å²) < 4.78 is 42.0. The molecule has 28 heavy (non-hydrogen) atoms. The average Bonchev–Trinajstić information content (AvgIpc) is 2.67. The van der Waals surface area contributed by atoms with Crippen molar-refractivity contribution in [2.75, 3.05) is 40.2 Å². The van der Waals surface area contributed by atoms with Crippen molar-refractivity contribution in [2.24, 2.45) is 0 Å². The van der Waals surface area contributed by atoms with Gasteiger partial charge < -0.3 is 19.5 Å². The Balaban J connectivity index is 2.14. The number of rotatable bonds is 8. The Kier molecular flexibility index (Phi) is 6.87. The number of likely N-dealkylation sites (N-methyl/N-ethyl adjacent to an activating group) is 1. The molecule has 0 spiro atoms. The van der Waals surface area contributed by atoms with Crippen LogP contribution >= 0.6 is 0 Å². The van der Waals surface area contributed by atoms with Gasteiger partial charge in [0, 0.05) is 13.1 Å². The number of nitrogens with one attached hydrogen (secondary N) is 1. The van der Waals surface area contributed by atoms with Crippen molar-refractivity contribution in [3.63, 3.8) is 0 Å². The average molecular weight is 408 g/mol. The summed E-state index contributed by atoms with van der Waals surface area (Å²) in [5.41, 5.74) is 1.10. The second-order valence-electron chi connectivity index (χ2n) is 6.01. The van der Waals surface area contributed by atoms with Gasteiger partial charge in [0.2, 0.25) is 15.9 Å². The van der Waals surface area contributed by atoms with Gasteiger partial charge in [0.05, 0.1) is 38.5 Å². The van der Waals surface area contributed by atoms with Crippen LogP contribution in [0.15, 0.2) is 41.3 Å². The highest BCUT2D eigenvalue weighted by molar-refractivity contribution is 7.89. The molecule has 8 nitrogen and oxygen atoms in total. The molecule has 2 aromatic rings. The molecule has 0 aliphatic rings. The molecule has 0 aromatic heterocycles. The maximum atomic E-state index is 12.7. The summed E-state index contributed by atoms with van der Waals surface area (Å²) in [5, 5.41) is 2.65. The van der Waals surface area contributed by atoms with Crippen LogP contribution in [0.25, 0.3) is 0 Å². The van der Waals surface area contributed by atoms with Crippen LogP contribution in [0.2, 0.25) is 0 Å². The van der Waals surface area contributed by atoms with E-state index in [1.165, 1.54) is 40.5 Å². The number of ether oxygens (including phenoxy) is 3. The Bertz CT molecular complexity index is 959. The molecule has 0 aliphatic carbocycles. The lowest BCUT2D eigenvalue weighted by atomic mass is 10.2. The number of hydrogen-bond donors (Lipinski definition) is 1. The van der Waals surface area contributed by atoms with Crippen molar-refractivity contribution in [3.05, 3.63) is 42.0 Å². The lowest BCUT2D eigenvalue weighted by molar-refractivity contribution is -0.116. The van der Waals surface area contributed by atoms with Gasteiger partial charge in [0.15, 0.2) is 0 Å². The summed E-state index contributed by atoms with van der Waals surface area (Å²) in [7, 11) is 2.01. The van der Waals surface area contributed by atoms with Crippen LogP contribution in [0.3, 0.4) is 0 Å². The zero-order valence-electron chi connectivity index (χ0n) is 16.5. The minimum atomic E-state index is -3.83. The highest BCUT2D eigenvalue weighted by Crippen LogP contribution is 2.29. The van der Waals surface area contributed by atoms with Crippen molar-refractivity contribution < 1.29 is 27.4 Å². The lowest BCUT2D eigenvalue weighted by Gasteiger charge is -2.18. The Hall–Kier alpha value is -2.78. The predicted octanol–water partition coefficient (Wildman–Crippen LogP) is 2.28. The third-order valence-electron chi connectivity index (χ3n) is 4.12. The number of methoxy groups -OCH3 is 3. The van der Waals surface area contributed by atoms with E-state index in [0.29, 0.717) is 28.5 Å². The van der Waals surface area contributed by atoms with E-state index in [1.807, 2.05) is 0 Å². The molecule has 0 saturated heterocycles. The van der Waals surface area contributed by atoms with Crippen molar-refractivity contribution >= 4 is 21.6 Å². The first-order valence-corrected chi connectivity index (χ1v) is 9.79. The number of nitrogens with zero attached hydrogens (tertiary/aromatic N) is 1. The minimum Gasteiger partial charge on any atom is -0.497 e. The Labute approximate surface area is 165 Å². The van der Waals surface area contributed by atoms with Crippen molar-refractivity contribution in [2.45, 2.75) is 11.8 Å². The van der Waals surface area contributed by atoms with E-state index in [4.69, 9.17) is 14.2 Å². The quantitative estimate of drug-likeness (QED) is 0.720. The van der Waals surface area contributed by atoms with Gasteiger partial charge >= 0.3 is 0 Å². The molecule has 0 heterocycles. The van der Waals surface area contributed by atoms with Crippen molar-refractivity contribution in [1.29, 1.82) is 0 Å². The number of aryl methyl sites for hydroxylation is 1. The largest absolute Gasteiger partial charge is 0.497 e. The second kappa shape index (κ2) is 8.94. The number of carbonyl (C=O) groups is 1. The van der Waals surface area contributed by atoms with Crippen LogP contribution in [-0.4, -0.2) is 53.6 Å². The molecule has 1 N–H and O–H groups in total. The minimum absolute atomic E-state index is 0.0862. The maximum Gasteiger partial charge on any atom is 0.243 e. The van der Waals surface area contributed by atoms with Gasteiger partial charge in [-0.25, -0.2) is 8.42 Å². The molecule has 0 bridgehead atoms. The van der Waals surface area contributed by atoms with Gasteiger partial charge in [-0.2, -0.15) is 4.31 Å². The summed E-state index contributed by atoms with van der Waals surface area (Å²) in [6, 6.07) is 9.45. The number of anilines is 1. The van der Waals surface area contributed by atoms with Crippen LogP contribution in [0, 0.1) is 6.92 Å². The van der Waals surface area contributed by atoms with Crippen molar-refractivity contribution in [1.82, 2.24) is 4.31 Å². The Morgan fingerprint density at radius 2 is 1.68 bits per heavy atom. The highest BCUT2D eigenvalue weighted by Gasteiger charge is 2.24. The summed E-state index contributed by atoms with van der Waals surface area (Å²) in [6.07, 6.45) is 0. The fourth-order valence-corrected chi connectivity index (χ4v) is 3.78. The van der Waals surface area contributed by atoms with E-state index >= 15 is 0 Å². The summed E-state index contributed by atoms with van der Waals surface area (Å²) in [4.78, 5) is 12.5. The zero-order chi connectivity index (χ0) is 20.9. The standard InChI is InChI=1S/C19H24N2O6S/c1-13-10-15(7-9-17(13)26-4)28(23,24)21(2)12-19(22)20-16-8-6-14(25-3)11-18(16)27-5/h6-11H,12H2,1-5H3,(H,20,22). The zero-order valence-corrected chi connectivity index (χ0v) is 17.3. The number of benzene rings is 2. The second-order valence-corrected chi connectivity index (χ2v) is 8.05. The number of sulfonamides is 1. The van der Waals surface area contributed by atoms with Gasteiger partial charge in [-0.15, -0.1) is 0 Å². The SMILES string of the molecule is COc1ccc(NC(=O)CN(C)S(=O)(=O)c2ccc(OC)c(C)c2)c(OC)c1. The third-order valence-corrected chi connectivity index (χ3v) is 5.92. The molecule has 152 valence electrons. The molecule has 0 fully saturated rings. The third kappa shape index (κ3) is 4.73. The first-order valence-electron chi connectivity index (χ1n) is 8.35. The Morgan fingerprint density at radius 1 is 1.00 bits per heavy atom. The summed E-state index contributed by atoms with van der Waals surface area (Å²) >= 11 is 0. The van der Waals surface area contributed by atoms with E-state index in [2.05, 4.69) is 5.32 Å². The number of amides is 1. The molecule has 0 saturated carbocycles.